The Hall–Kier alpha value is -1.45. The number of nitrogens with zero attached hydrogens (tertiary/aromatic N) is 1. The lowest BCUT2D eigenvalue weighted by atomic mass is 10.0. The molecule has 0 saturated heterocycles. The Morgan fingerprint density at radius 1 is 1.50 bits per heavy atom. The highest BCUT2D eigenvalue weighted by Crippen LogP contribution is 2.37. The summed E-state index contributed by atoms with van der Waals surface area (Å²) in [6, 6.07) is 2.17. The van der Waals surface area contributed by atoms with Gasteiger partial charge in [-0.1, -0.05) is 33.1 Å². The molecule has 1 unspecified atom stereocenters. The highest BCUT2D eigenvalue weighted by atomic mass is 16.5. The van der Waals surface area contributed by atoms with Crippen LogP contribution in [0.3, 0.4) is 0 Å². The van der Waals surface area contributed by atoms with Crippen molar-refractivity contribution in [3.63, 3.8) is 0 Å². The van der Waals surface area contributed by atoms with Crippen LogP contribution in [0.1, 0.15) is 68.9 Å². The van der Waals surface area contributed by atoms with Crippen LogP contribution in [0.25, 0.3) is 0 Å². The van der Waals surface area contributed by atoms with E-state index in [0.717, 1.165) is 25.7 Å². The molecular weight excluding hydrogens is 252 g/mol. The number of unbranched alkanes of at least 4 members (excludes halogenated alkanes) is 1. The summed E-state index contributed by atoms with van der Waals surface area (Å²) >= 11 is 0. The molecule has 1 atom stereocenters. The molecule has 0 amide bonds. The van der Waals surface area contributed by atoms with E-state index in [4.69, 9.17) is 10.5 Å². The van der Waals surface area contributed by atoms with Crippen LogP contribution in [0, 0.1) is 5.92 Å². The van der Waals surface area contributed by atoms with E-state index in [1.54, 1.807) is 6.07 Å². The van der Waals surface area contributed by atoms with E-state index in [1.165, 1.54) is 12.8 Å². The monoisotopic (exact) mass is 278 g/mol. The molecule has 4 heteroatoms. The Balaban J connectivity index is 1.91. The van der Waals surface area contributed by atoms with Crippen molar-refractivity contribution in [3.05, 3.63) is 18.0 Å². The second-order valence-corrected chi connectivity index (χ2v) is 5.81. The van der Waals surface area contributed by atoms with Gasteiger partial charge in [0.2, 0.25) is 0 Å². The zero-order valence-electron chi connectivity index (χ0n) is 12.6. The van der Waals surface area contributed by atoms with E-state index in [-0.39, 0.29) is 5.97 Å². The van der Waals surface area contributed by atoms with E-state index in [0.29, 0.717) is 29.9 Å². The standard InChI is InChI=1S/C16H26N2O2/c1-3-5-6-12(4-2)11-20-16(19)15-9-13(17)10-18(15)14-7-8-14/h9-10,12,14H,3-8,11,17H2,1-2H3. The molecule has 1 aromatic rings. The number of hydrogen-bond donors (Lipinski definition) is 1. The minimum Gasteiger partial charge on any atom is -0.461 e. The van der Waals surface area contributed by atoms with Crippen molar-refractivity contribution in [3.8, 4) is 0 Å². The fourth-order valence-corrected chi connectivity index (χ4v) is 2.48. The van der Waals surface area contributed by atoms with Crippen molar-refractivity contribution in [1.29, 1.82) is 0 Å². The summed E-state index contributed by atoms with van der Waals surface area (Å²) in [5.74, 6) is 0.240. The molecule has 1 aliphatic rings. The molecule has 0 spiro atoms. The van der Waals surface area contributed by atoms with Crippen molar-refractivity contribution in [2.24, 2.45) is 5.92 Å². The molecule has 1 aromatic heterocycles. The second-order valence-electron chi connectivity index (χ2n) is 5.81. The normalized spacial score (nSPS) is 16.1. The van der Waals surface area contributed by atoms with E-state index in [9.17, 15) is 4.79 Å². The van der Waals surface area contributed by atoms with Gasteiger partial charge in [-0.15, -0.1) is 0 Å². The second kappa shape index (κ2) is 6.82. The van der Waals surface area contributed by atoms with Gasteiger partial charge in [0, 0.05) is 12.2 Å². The fraction of sp³-hybridized carbons (Fsp3) is 0.688. The number of nitrogen functional groups attached to an aromatic ring is 1. The maximum Gasteiger partial charge on any atom is 0.355 e. The van der Waals surface area contributed by atoms with Crippen LogP contribution in [0.15, 0.2) is 12.3 Å². The zero-order chi connectivity index (χ0) is 14.5. The van der Waals surface area contributed by atoms with Gasteiger partial charge in [0.25, 0.3) is 0 Å². The zero-order valence-corrected chi connectivity index (χ0v) is 12.6. The maximum atomic E-state index is 12.2. The van der Waals surface area contributed by atoms with Crippen LogP contribution in [0.2, 0.25) is 0 Å². The van der Waals surface area contributed by atoms with Gasteiger partial charge < -0.3 is 15.0 Å². The molecule has 20 heavy (non-hydrogen) atoms. The summed E-state index contributed by atoms with van der Waals surface area (Å²) in [6.45, 7) is 4.86. The number of nitrogens with two attached hydrogens (primary N) is 1. The summed E-state index contributed by atoms with van der Waals surface area (Å²) in [5, 5.41) is 0. The lowest BCUT2D eigenvalue weighted by Gasteiger charge is -2.15. The molecule has 1 aliphatic carbocycles. The molecule has 4 nitrogen and oxygen atoms in total. The highest BCUT2D eigenvalue weighted by Gasteiger charge is 2.28. The lowest BCUT2D eigenvalue weighted by molar-refractivity contribution is 0.0415. The van der Waals surface area contributed by atoms with Crippen LogP contribution in [-0.2, 0) is 4.74 Å². The third-order valence-corrected chi connectivity index (χ3v) is 4.01. The van der Waals surface area contributed by atoms with Crippen LogP contribution >= 0.6 is 0 Å². The molecule has 0 bridgehead atoms. The van der Waals surface area contributed by atoms with Crippen molar-refractivity contribution in [1.82, 2.24) is 4.57 Å². The molecule has 0 aromatic carbocycles. The van der Waals surface area contributed by atoms with Gasteiger partial charge in [0.15, 0.2) is 0 Å². The number of hydrogen-bond acceptors (Lipinski definition) is 3. The lowest BCUT2D eigenvalue weighted by Crippen LogP contribution is -2.16. The van der Waals surface area contributed by atoms with Gasteiger partial charge in [-0.2, -0.15) is 0 Å². The molecule has 1 fully saturated rings. The average Bonchev–Trinajstić information content (AvgIpc) is 3.21. The van der Waals surface area contributed by atoms with Gasteiger partial charge in [-0.3, -0.25) is 0 Å². The van der Waals surface area contributed by atoms with Gasteiger partial charge in [0.1, 0.15) is 5.69 Å². The molecule has 1 heterocycles. The topological polar surface area (TPSA) is 57.2 Å². The van der Waals surface area contributed by atoms with Crippen molar-refractivity contribution < 1.29 is 9.53 Å². The molecule has 112 valence electrons. The van der Waals surface area contributed by atoms with Crippen LogP contribution in [0.5, 0.6) is 0 Å². The number of anilines is 1. The van der Waals surface area contributed by atoms with Crippen LogP contribution in [0.4, 0.5) is 5.69 Å². The highest BCUT2D eigenvalue weighted by molar-refractivity contribution is 5.89. The van der Waals surface area contributed by atoms with E-state index in [2.05, 4.69) is 13.8 Å². The van der Waals surface area contributed by atoms with Crippen molar-refractivity contribution >= 4 is 11.7 Å². The van der Waals surface area contributed by atoms with Gasteiger partial charge >= 0.3 is 5.97 Å². The molecule has 2 N–H and O–H groups in total. The smallest absolute Gasteiger partial charge is 0.355 e. The summed E-state index contributed by atoms with van der Waals surface area (Å²) in [7, 11) is 0. The number of aromatic nitrogens is 1. The van der Waals surface area contributed by atoms with E-state index in [1.807, 2.05) is 10.8 Å². The fourth-order valence-electron chi connectivity index (χ4n) is 2.48. The molecular formula is C16H26N2O2. The minimum absolute atomic E-state index is 0.233. The van der Waals surface area contributed by atoms with Crippen LogP contribution < -0.4 is 5.73 Å². The first-order valence-corrected chi connectivity index (χ1v) is 7.80. The summed E-state index contributed by atoms with van der Waals surface area (Å²) in [5.41, 5.74) is 7.05. The van der Waals surface area contributed by atoms with Crippen LogP contribution in [-0.4, -0.2) is 17.1 Å². The number of carbonyl (C=O) groups is 1. The quantitative estimate of drug-likeness (QED) is 0.736. The van der Waals surface area contributed by atoms with E-state index >= 15 is 0 Å². The van der Waals surface area contributed by atoms with E-state index < -0.39 is 0 Å². The predicted molar refractivity (Wildman–Crippen MR) is 80.7 cm³/mol. The predicted octanol–water partition coefficient (Wildman–Crippen LogP) is 3.78. The Bertz CT molecular complexity index is 449. The molecule has 0 radical (unpaired) electrons. The first-order valence-electron chi connectivity index (χ1n) is 7.80. The Kier molecular flexibility index (Phi) is 5.10. The molecule has 0 aliphatic heterocycles. The largest absolute Gasteiger partial charge is 0.461 e. The van der Waals surface area contributed by atoms with Crippen molar-refractivity contribution in [2.45, 2.75) is 58.4 Å². The number of carbonyl (C=O) groups excluding carboxylic acids is 1. The maximum absolute atomic E-state index is 12.2. The van der Waals surface area contributed by atoms with Gasteiger partial charge in [0.05, 0.1) is 12.3 Å². The SMILES string of the molecule is CCCCC(CC)COC(=O)c1cc(N)cn1C1CC1. The van der Waals surface area contributed by atoms with Gasteiger partial charge in [-0.25, -0.2) is 4.79 Å². The summed E-state index contributed by atoms with van der Waals surface area (Å²) in [4.78, 5) is 12.2. The Labute approximate surface area is 121 Å². The number of rotatable bonds is 8. The third-order valence-electron chi connectivity index (χ3n) is 4.01. The molecule has 1 saturated carbocycles. The van der Waals surface area contributed by atoms with Crippen molar-refractivity contribution in [2.75, 3.05) is 12.3 Å². The van der Waals surface area contributed by atoms with Gasteiger partial charge in [-0.05, 0) is 31.2 Å². The third kappa shape index (κ3) is 3.78. The minimum atomic E-state index is -0.233. The summed E-state index contributed by atoms with van der Waals surface area (Å²) < 4.78 is 7.47. The Morgan fingerprint density at radius 2 is 2.25 bits per heavy atom. The number of esters is 1. The molecule has 2 rings (SSSR count). The number of ether oxygens (including phenoxy) is 1. The first-order chi connectivity index (χ1) is 9.65. The Morgan fingerprint density at radius 3 is 2.85 bits per heavy atom. The average molecular weight is 278 g/mol. The summed E-state index contributed by atoms with van der Waals surface area (Å²) in [6.07, 6.45) is 8.67. The first kappa shape index (κ1) is 14.9.